The van der Waals surface area contributed by atoms with Gasteiger partial charge in [0.05, 0.1) is 19.2 Å². The first-order chi connectivity index (χ1) is 13.3. The SMILES string of the molecule is COc1ccc2nccc(OC[C@H]3CC[C@H](NC(=O)OC(C)(C)C)CC3)c2c1. The standard InChI is InChI=1S/C22H30N2O4/c1-22(2,3)28-21(25)24-16-7-5-15(6-8-16)14-27-20-11-12-23-19-10-9-17(26-4)13-18(19)20/h9-13,15-16H,5-8,14H2,1-4H3,(H,24,25)/t15-,16-. The fourth-order valence-corrected chi connectivity index (χ4v) is 3.51. The zero-order valence-electron chi connectivity index (χ0n) is 17.2. The molecular weight excluding hydrogens is 356 g/mol. The predicted octanol–water partition coefficient (Wildman–Crippen LogP) is 4.71. The summed E-state index contributed by atoms with van der Waals surface area (Å²) >= 11 is 0. The van der Waals surface area contributed by atoms with Gasteiger partial charge in [-0.2, -0.15) is 0 Å². The second-order valence-electron chi connectivity index (χ2n) is 8.37. The number of hydrogen-bond donors (Lipinski definition) is 1. The van der Waals surface area contributed by atoms with E-state index >= 15 is 0 Å². The van der Waals surface area contributed by atoms with Crippen molar-refractivity contribution in [3.63, 3.8) is 0 Å². The number of hydrogen-bond acceptors (Lipinski definition) is 5. The van der Waals surface area contributed by atoms with Crippen molar-refractivity contribution in [1.29, 1.82) is 0 Å². The molecule has 3 rings (SSSR count). The number of benzene rings is 1. The number of carbonyl (C=O) groups is 1. The first kappa shape index (κ1) is 20.2. The van der Waals surface area contributed by atoms with Gasteiger partial charge in [-0.1, -0.05) is 0 Å². The van der Waals surface area contributed by atoms with E-state index in [0.29, 0.717) is 12.5 Å². The molecule has 0 saturated heterocycles. The molecule has 1 N–H and O–H groups in total. The Balaban J connectivity index is 1.51. The molecule has 6 heteroatoms. The van der Waals surface area contributed by atoms with Crippen LogP contribution in [0.2, 0.25) is 0 Å². The van der Waals surface area contributed by atoms with Gasteiger partial charge in [0.1, 0.15) is 17.1 Å². The van der Waals surface area contributed by atoms with Crippen molar-refractivity contribution in [3.05, 3.63) is 30.5 Å². The maximum atomic E-state index is 11.9. The Hall–Kier alpha value is -2.50. The summed E-state index contributed by atoms with van der Waals surface area (Å²) < 4.78 is 16.8. The van der Waals surface area contributed by atoms with E-state index in [1.165, 1.54) is 0 Å². The maximum Gasteiger partial charge on any atom is 0.407 e. The minimum atomic E-state index is -0.467. The fraction of sp³-hybridized carbons (Fsp3) is 0.545. The van der Waals surface area contributed by atoms with Crippen LogP contribution in [0.4, 0.5) is 4.79 Å². The topological polar surface area (TPSA) is 69.7 Å². The molecule has 0 aliphatic heterocycles. The third-order valence-corrected chi connectivity index (χ3v) is 4.95. The van der Waals surface area contributed by atoms with Crippen molar-refractivity contribution in [1.82, 2.24) is 10.3 Å². The Morgan fingerprint density at radius 3 is 2.61 bits per heavy atom. The lowest BCUT2D eigenvalue weighted by Gasteiger charge is -2.30. The number of rotatable bonds is 5. The lowest BCUT2D eigenvalue weighted by Crippen LogP contribution is -2.41. The Kier molecular flexibility index (Phi) is 6.27. The molecule has 1 aromatic heterocycles. The second kappa shape index (κ2) is 8.67. The average Bonchev–Trinajstić information content (AvgIpc) is 2.65. The third-order valence-electron chi connectivity index (χ3n) is 4.95. The van der Waals surface area contributed by atoms with Crippen LogP contribution in [0.1, 0.15) is 46.5 Å². The number of aromatic nitrogens is 1. The van der Waals surface area contributed by atoms with Crippen LogP contribution in [0, 0.1) is 5.92 Å². The highest BCUT2D eigenvalue weighted by Crippen LogP contribution is 2.30. The van der Waals surface area contributed by atoms with Gasteiger partial charge < -0.3 is 19.5 Å². The highest BCUT2D eigenvalue weighted by Gasteiger charge is 2.25. The van der Waals surface area contributed by atoms with Gasteiger partial charge in [-0.05, 0) is 76.6 Å². The van der Waals surface area contributed by atoms with Crippen LogP contribution in [0.25, 0.3) is 10.9 Å². The molecule has 1 aliphatic rings. The van der Waals surface area contributed by atoms with Crippen molar-refractivity contribution in [2.75, 3.05) is 13.7 Å². The summed E-state index contributed by atoms with van der Waals surface area (Å²) in [5.74, 6) is 2.10. The van der Waals surface area contributed by atoms with Crippen molar-refractivity contribution in [2.24, 2.45) is 5.92 Å². The quantitative estimate of drug-likeness (QED) is 0.806. The van der Waals surface area contributed by atoms with E-state index in [0.717, 1.165) is 48.1 Å². The van der Waals surface area contributed by atoms with Crippen molar-refractivity contribution in [3.8, 4) is 11.5 Å². The minimum absolute atomic E-state index is 0.178. The monoisotopic (exact) mass is 386 g/mol. The number of methoxy groups -OCH3 is 1. The van der Waals surface area contributed by atoms with Crippen LogP contribution in [0.5, 0.6) is 11.5 Å². The van der Waals surface area contributed by atoms with Crippen LogP contribution >= 0.6 is 0 Å². The third kappa shape index (κ3) is 5.50. The van der Waals surface area contributed by atoms with E-state index in [-0.39, 0.29) is 12.1 Å². The maximum absolute atomic E-state index is 11.9. The molecule has 6 nitrogen and oxygen atoms in total. The van der Waals surface area contributed by atoms with Gasteiger partial charge in [-0.3, -0.25) is 4.98 Å². The molecule has 1 aliphatic carbocycles. The number of nitrogens with zero attached hydrogens (tertiary/aromatic N) is 1. The zero-order valence-corrected chi connectivity index (χ0v) is 17.2. The van der Waals surface area contributed by atoms with Gasteiger partial charge >= 0.3 is 6.09 Å². The van der Waals surface area contributed by atoms with Gasteiger partial charge in [0.15, 0.2) is 0 Å². The molecule has 2 aromatic rings. The smallest absolute Gasteiger partial charge is 0.407 e. The van der Waals surface area contributed by atoms with Crippen LogP contribution < -0.4 is 14.8 Å². The van der Waals surface area contributed by atoms with Crippen LogP contribution in [0.3, 0.4) is 0 Å². The van der Waals surface area contributed by atoms with E-state index in [4.69, 9.17) is 14.2 Å². The van der Waals surface area contributed by atoms with E-state index < -0.39 is 5.60 Å². The van der Waals surface area contributed by atoms with Gasteiger partial charge in [0.25, 0.3) is 0 Å². The summed E-state index contributed by atoms with van der Waals surface area (Å²) in [7, 11) is 1.65. The number of pyridine rings is 1. The number of ether oxygens (including phenoxy) is 3. The van der Waals surface area contributed by atoms with Gasteiger partial charge in [0, 0.05) is 17.6 Å². The molecule has 0 unspecified atom stereocenters. The Morgan fingerprint density at radius 2 is 1.93 bits per heavy atom. The van der Waals surface area contributed by atoms with Crippen molar-refractivity contribution >= 4 is 17.0 Å². The molecule has 1 heterocycles. The fourth-order valence-electron chi connectivity index (χ4n) is 3.51. The van der Waals surface area contributed by atoms with Crippen LogP contribution in [-0.4, -0.2) is 36.4 Å². The normalized spacial score (nSPS) is 19.9. The predicted molar refractivity (Wildman–Crippen MR) is 109 cm³/mol. The van der Waals surface area contributed by atoms with E-state index in [1.807, 2.05) is 45.0 Å². The first-order valence-electron chi connectivity index (χ1n) is 9.89. The second-order valence-corrected chi connectivity index (χ2v) is 8.37. The molecule has 1 aromatic carbocycles. The molecule has 0 bridgehead atoms. The van der Waals surface area contributed by atoms with Crippen molar-refractivity contribution < 1.29 is 19.0 Å². The molecule has 0 radical (unpaired) electrons. The Morgan fingerprint density at radius 1 is 1.18 bits per heavy atom. The molecule has 1 saturated carbocycles. The highest BCUT2D eigenvalue weighted by molar-refractivity contribution is 5.86. The number of nitrogens with one attached hydrogen (secondary N) is 1. The molecular formula is C22H30N2O4. The Labute approximate surface area is 166 Å². The van der Waals surface area contributed by atoms with Gasteiger partial charge in [-0.25, -0.2) is 4.79 Å². The molecule has 152 valence electrons. The lowest BCUT2D eigenvalue weighted by molar-refractivity contribution is 0.0483. The molecule has 28 heavy (non-hydrogen) atoms. The summed E-state index contributed by atoms with van der Waals surface area (Å²) in [5, 5.41) is 3.94. The number of alkyl carbamates (subject to hydrolysis) is 1. The number of amides is 1. The van der Waals surface area contributed by atoms with E-state index in [2.05, 4.69) is 10.3 Å². The van der Waals surface area contributed by atoms with Crippen molar-refractivity contribution in [2.45, 2.75) is 58.1 Å². The van der Waals surface area contributed by atoms with E-state index in [9.17, 15) is 4.79 Å². The molecule has 0 spiro atoms. The minimum Gasteiger partial charge on any atom is -0.497 e. The zero-order chi connectivity index (χ0) is 20.1. The van der Waals surface area contributed by atoms with Gasteiger partial charge in [0.2, 0.25) is 0 Å². The highest BCUT2D eigenvalue weighted by atomic mass is 16.6. The summed E-state index contributed by atoms with van der Waals surface area (Å²) in [6, 6.07) is 7.88. The number of fused-ring (bicyclic) bond motifs is 1. The largest absolute Gasteiger partial charge is 0.497 e. The first-order valence-corrected chi connectivity index (χ1v) is 9.89. The van der Waals surface area contributed by atoms with Gasteiger partial charge in [-0.15, -0.1) is 0 Å². The number of carbonyl (C=O) groups excluding carboxylic acids is 1. The molecule has 0 atom stereocenters. The molecule has 1 amide bonds. The summed E-state index contributed by atoms with van der Waals surface area (Å²) in [6.45, 7) is 6.28. The lowest BCUT2D eigenvalue weighted by atomic mass is 9.86. The van der Waals surface area contributed by atoms with Crippen LogP contribution in [0.15, 0.2) is 30.5 Å². The molecule has 1 fully saturated rings. The summed E-state index contributed by atoms with van der Waals surface area (Å²) in [6.07, 6.45) is 5.37. The van der Waals surface area contributed by atoms with Crippen LogP contribution in [-0.2, 0) is 4.74 Å². The average molecular weight is 386 g/mol. The summed E-state index contributed by atoms with van der Waals surface area (Å²) in [5.41, 5.74) is 0.425. The van der Waals surface area contributed by atoms with E-state index in [1.54, 1.807) is 13.3 Å². The Bertz CT molecular complexity index is 808. The summed E-state index contributed by atoms with van der Waals surface area (Å²) in [4.78, 5) is 16.3.